The number of fused-ring (bicyclic) bond motifs is 1. The first-order valence-corrected chi connectivity index (χ1v) is 13.5. The lowest BCUT2D eigenvalue weighted by atomic mass is 9.97. The Morgan fingerprint density at radius 1 is 1.26 bits per heavy atom. The summed E-state index contributed by atoms with van der Waals surface area (Å²) in [6.07, 6.45) is 1.81. The molecule has 0 radical (unpaired) electrons. The molecule has 10 heteroatoms. The number of hydrogen-bond donors (Lipinski definition) is 2. The quantitative estimate of drug-likeness (QED) is 0.664. The lowest BCUT2D eigenvalue weighted by molar-refractivity contribution is -0.126. The van der Waals surface area contributed by atoms with Gasteiger partial charge in [-0.25, -0.2) is 8.42 Å². The lowest BCUT2D eigenvalue weighted by Crippen LogP contribution is -2.43. The number of rotatable bonds is 6. The number of carbonyl (C=O) groups excluding carboxylic acids is 2. The van der Waals surface area contributed by atoms with E-state index in [1.807, 2.05) is 24.4 Å². The number of anilines is 1. The smallest absolute Gasteiger partial charge is 0.243 e. The standard InChI is InChI=1S/C21H25N3O4S3/c1-14-20(25)23-18-13-17(4-5-19(18)30-14)31(27,28)24-10-7-15(8-11-24)21(26)22-9-6-16-3-2-12-29-16/h2-5,12-15H,6-11H2,1H3,(H,22,26)(H,23,25)/t14-/m1/s1. The van der Waals surface area contributed by atoms with E-state index in [-0.39, 0.29) is 27.9 Å². The number of piperidine rings is 1. The number of thioether (sulfide) groups is 1. The molecule has 0 saturated carbocycles. The molecule has 0 spiro atoms. The van der Waals surface area contributed by atoms with Crippen LogP contribution in [0.1, 0.15) is 24.6 Å². The predicted molar refractivity (Wildman–Crippen MR) is 123 cm³/mol. The number of sulfonamides is 1. The van der Waals surface area contributed by atoms with E-state index in [9.17, 15) is 18.0 Å². The van der Waals surface area contributed by atoms with Gasteiger partial charge in [-0.15, -0.1) is 23.1 Å². The van der Waals surface area contributed by atoms with Gasteiger partial charge >= 0.3 is 0 Å². The normalized spacial score (nSPS) is 20.2. The van der Waals surface area contributed by atoms with Gasteiger partial charge in [0.05, 0.1) is 15.8 Å². The molecule has 0 bridgehead atoms. The Morgan fingerprint density at radius 3 is 2.74 bits per heavy atom. The molecule has 2 aromatic rings. The molecule has 2 aliphatic rings. The Hall–Kier alpha value is -1.88. The van der Waals surface area contributed by atoms with E-state index in [0.29, 0.717) is 38.2 Å². The Labute approximate surface area is 190 Å². The third-order valence-electron chi connectivity index (χ3n) is 5.60. The summed E-state index contributed by atoms with van der Waals surface area (Å²) in [6, 6.07) is 8.91. The van der Waals surface area contributed by atoms with Crippen molar-refractivity contribution in [1.82, 2.24) is 9.62 Å². The molecule has 2 amide bonds. The molecule has 1 aromatic carbocycles. The van der Waals surface area contributed by atoms with Crippen LogP contribution in [0.5, 0.6) is 0 Å². The first-order chi connectivity index (χ1) is 14.8. The SMILES string of the molecule is C[C@H]1Sc2ccc(S(=O)(=O)N3CCC(C(=O)NCCc4cccs4)CC3)cc2NC1=O. The van der Waals surface area contributed by atoms with Gasteiger partial charge in [0.25, 0.3) is 0 Å². The molecule has 1 atom stereocenters. The highest BCUT2D eigenvalue weighted by molar-refractivity contribution is 8.01. The zero-order chi connectivity index (χ0) is 22.0. The van der Waals surface area contributed by atoms with Gasteiger partial charge in [0.1, 0.15) is 0 Å². The van der Waals surface area contributed by atoms with E-state index >= 15 is 0 Å². The van der Waals surface area contributed by atoms with Gasteiger partial charge in [-0.1, -0.05) is 6.07 Å². The average Bonchev–Trinajstić information content (AvgIpc) is 3.28. The van der Waals surface area contributed by atoms with Crippen molar-refractivity contribution >= 4 is 50.6 Å². The molecular formula is C21H25N3O4S3. The largest absolute Gasteiger partial charge is 0.355 e. The molecular weight excluding hydrogens is 454 g/mol. The topological polar surface area (TPSA) is 95.6 Å². The van der Waals surface area contributed by atoms with Crippen LogP contribution in [0.25, 0.3) is 0 Å². The van der Waals surface area contributed by atoms with Gasteiger partial charge in [0.2, 0.25) is 21.8 Å². The van der Waals surface area contributed by atoms with Crippen molar-refractivity contribution in [1.29, 1.82) is 0 Å². The minimum Gasteiger partial charge on any atom is -0.355 e. The van der Waals surface area contributed by atoms with Crippen molar-refractivity contribution in [3.05, 3.63) is 40.6 Å². The first kappa shape index (κ1) is 22.3. The van der Waals surface area contributed by atoms with E-state index in [2.05, 4.69) is 10.6 Å². The molecule has 3 heterocycles. The summed E-state index contributed by atoms with van der Waals surface area (Å²) in [4.78, 5) is 26.6. The summed E-state index contributed by atoms with van der Waals surface area (Å²) >= 11 is 3.09. The number of carbonyl (C=O) groups is 2. The van der Waals surface area contributed by atoms with Crippen LogP contribution in [0.15, 0.2) is 45.5 Å². The van der Waals surface area contributed by atoms with E-state index in [0.717, 1.165) is 11.3 Å². The van der Waals surface area contributed by atoms with Crippen LogP contribution < -0.4 is 10.6 Å². The molecule has 2 N–H and O–H groups in total. The molecule has 4 rings (SSSR count). The van der Waals surface area contributed by atoms with Crippen LogP contribution in [0, 0.1) is 5.92 Å². The van der Waals surface area contributed by atoms with Gasteiger partial charge in [-0.3, -0.25) is 9.59 Å². The second-order valence-corrected chi connectivity index (χ2v) is 12.1. The van der Waals surface area contributed by atoms with Crippen molar-refractivity contribution in [2.24, 2.45) is 5.92 Å². The fourth-order valence-electron chi connectivity index (χ4n) is 3.76. The lowest BCUT2D eigenvalue weighted by Gasteiger charge is -2.31. The third kappa shape index (κ3) is 4.97. The van der Waals surface area contributed by atoms with Gasteiger partial charge in [0.15, 0.2) is 0 Å². The zero-order valence-electron chi connectivity index (χ0n) is 17.2. The van der Waals surface area contributed by atoms with Crippen LogP contribution in [-0.2, 0) is 26.0 Å². The second-order valence-electron chi connectivity index (χ2n) is 7.71. The highest BCUT2D eigenvalue weighted by Crippen LogP contribution is 2.37. The van der Waals surface area contributed by atoms with Crippen molar-refractivity contribution in [2.75, 3.05) is 25.0 Å². The average molecular weight is 480 g/mol. The van der Waals surface area contributed by atoms with Crippen LogP contribution in [0.4, 0.5) is 5.69 Å². The van der Waals surface area contributed by atoms with E-state index in [4.69, 9.17) is 0 Å². The summed E-state index contributed by atoms with van der Waals surface area (Å²) in [5.74, 6) is -0.301. The van der Waals surface area contributed by atoms with Crippen molar-refractivity contribution in [3.8, 4) is 0 Å². The fourth-order valence-corrected chi connectivity index (χ4v) is 6.90. The van der Waals surface area contributed by atoms with Gasteiger partial charge in [-0.2, -0.15) is 4.31 Å². The highest BCUT2D eigenvalue weighted by Gasteiger charge is 2.33. The summed E-state index contributed by atoms with van der Waals surface area (Å²) in [7, 11) is -3.68. The van der Waals surface area contributed by atoms with Gasteiger partial charge in [-0.05, 0) is 55.8 Å². The summed E-state index contributed by atoms with van der Waals surface area (Å²) in [5, 5.41) is 7.57. The third-order valence-corrected chi connectivity index (χ3v) is 9.60. The first-order valence-electron chi connectivity index (χ1n) is 10.3. The van der Waals surface area contributed by atoms with Gasteiger partial charge in [0, 0.05) is 35.3 Å². The molecule has 2 aliphatic heterocycles. The number of hydrogen-bond acceptors (Lipinski definition) is 6. The molecule has 166 valence electrons. The molecule has 7 nitrogen and oxygen atoms in total. The molecule has 0 aliphatic carbocycles. The number of nitrogens with one attached hydrogen (secondary N) is 2. The maximum atomic E-state index is 13.1. The fraction of sp³-hybridized carbons (Fsp3) is 0.429. The maximum Gasteiger partial charge on any atom is 0.243 e. The minimum atomic E-state index is -3.68. The highest BCUT2D eigenvalue weighted by atomic mass is 32.2. The Bertz CT molecular complexity index is 1060. The second kappa shape index (κ2) is 9.32. The van der Waals surface area contributed by atoms with Crippen LogP contribution in [-0.4, -0.2) is 49.4 Å². The maximum absolute atomic E-state index is 13.1. The van der Waals surface area contributed by atoms with Crippen molar-refractivity contribution < 1.29 is 18.0 Å². The number of nitrogens with zero attached hydrogens (tertiary/aromatic N) is 1. The molecule has 1 saturated heterocycles. The predicted octanol–water partition coefficient (Wildman–Crippen LogP) is 2.94. The molecule has 1 aromatic heterocycles. The zero-order valence-corrected chi connectivity index (χ0v) is 19.6. The van der Waals surface area contributed by atoms with E-state index in [1.165, 1.54) is 27.0 Å². The number of thiophene rings is 1. The molecule has 31 heavy (non-hydrogen) atoms. The van der Waals surface area contributed by atoms with E-state index in [1.54, 1.807) is 23.5 Å². The monoisotopic (exact) mass is 479 g/mol. The molecule has 0 unspecified atom stereocenters. The Morgan fingerprint density at radius 2 is 2.03 bits per heavy atom. The minimum absolute atomic E-state index is 0.00348. The van der Waals surface area contributed by atoms with Crippen molar-refractivity contribution in [2.45, 2.75) is 41.2 Å². The van der Waals surface area contributed by atoms with E-state index < -0.39 is 10.0 Å². The summed E-state index contributed by atoms with van der Waals surface area (Å²) < 4.78 is 27.6. The number of amides is 2. The van der Waals surface area contributed by atoms with Crippen molar-refractivity contribution in [3.63, 3.8) is 0 Å². The summed E-state index contributed by atoms with van der Waals surface area (Å²) in [5.41, 5.74) is 0.536. The Kier molecular flexibility index (Phi) is 6.71. The van der Waals surface area contributed by atoms with Crippen LogP contribution >= 0.6 is 23.1 Å². The molecule has 1 fully saturated rings. The van der Waals surface area contributed by atoms with Crippen LogP contribution in [0.2, 0.25) is 0 Å². The number of benzene rings is 1. The summed E-state index contributed by atoms with van der Waals surface area (Å²) in [6.45, 7) is 3.02. The van der Waals surface area contributed by atoms with Gasteiger partial charge < -0.3 is 10.6 Å². The van der Waals surface area contributed by atoms with Crippen LogP contribution in [0.3, 0.4) is 0 Å². The Balaban J connectivity index is 1.34.